The van der Waals surface area contributed by atoms with Gasteiger partial charge in [-0.25, -0.2) is 13.2 Å². The maximum absolute atomic E-state index is 12.6. The molecule has 11 heterocycles. The van der Waals surface area contributed by atoms with Gasteiger partial charge in [-0.15, -0.1) is 125 Å². The van der Waals surface area contributed by atoms with Gasteiger partial charge in [-0.2, -0.15) is 30.7 Å². The Morgan fingerprint density at radius 1 is 0.260 bits per heavy atom. The van der Waals surface area contributed by atoms with Crippen molar-refractivity contribution in [2.45, 2.75) is 210 Å². The summed E-state index contributed by atoms with van der Waals surface area (Å²) >= 11 is 16.0. The second-order valence-electron chi connectivity index (χ2n) is 23.5. The predicted molar refractivity (Wildman–Crippen MR) is 414 cm³/mol. The maximum Gasteiger partial charge on any atom is 0.417 e. The highest BCUT2D eigenvalue weighted by Crippen LogP contribution is 2.36. The lowest BCUT2D eigenvalue weighted by Gasteiger charge is -2.03. The van der Waals surface area contributed by atoms with Crippen LogP contribution in [0.4, 0.5) is 43.9 Å². The second-order valence-corrected chi connectivity index (χ2v) is 37.5. The van der Waals surface area contributed by atoms with E-state index in [4.69, 9.17) is 0 Å². The molecule has 0 aliphatic heterocycles. The Bertz CT molecular complexity index is 3490. The number of hydrogen-bond donors (Lipinski definition) is 0. The van der Waals surface area contributed by atoms with Gasteiger partial charge in [0.05, 0.1) is 5.56 Å². The van der Waals surface area contributed by atoms with Crippen LogP contribution in [0.5, 0.6) is 0 Å². The molecule has 0 fully saturated rings. The van der Waals surface area contributed by atoms with Crippen LogP contribution in [0.25, 0.3) is 0 Å². The van der Waals surface area contributed by atoms with Gasteiger partial charge >= 0.3 is 6.18 Å². The summed E-state index contributed by atoms with van der Waals surface area (Å²) in [5, 5.41) is 4.61. The summed E-state index contributed by atoms with van der Waals surface area (Å²) in [6.07, 6.45) is -4.43. The van der Waals surface area contributed by atoms with Gasteiger partial charge in [-0.3, -0.25) is 0 Å². The lowest BCUT2D eigenvalue weighted by molar-refractivity contribution is -0.137. The molecular weight excluding hydrogens is 1440 g/mol. The molecule has 96 heavy (non-hydrogen) atoms. The standard InChI is InChI=1S/2C9H14S.C8H11FS.C8H12S.C7H10S.C6H4F4S.2C6H7FS.C6H8S.C5H4F2S.C5H5FS/c2*1-6(2)9-5-7(3)10-8(9)4;1-5(2)7-4-8(9)10-6(7)3;1-6(2)8-4-5-9-7(8)3;1-5-4-6(2)8-7(5)3;1-3-4(6(8,9)10)2-5(7)11-3;1-4-3-6(7)5(2)8-4;1-4-3-6(7)8-5(4)2;1-5-3-4-7-6(5)2;1-3-4(6)2-5(7)8-3;1-4-5(6)2-3-7-4/h2*5-6H,1-4H3;4-5H,1-3H3;4-6H,1-3H3;4H,1-3H3;2H,1H3;2*3H,1-2H3;3-4H,1-2H3;2H,1H3;2-3H,1H3. The molecule has 0 saturated carbocycles. The summed E-state index contributed by atoms with van der Waals surface area (Å²) < 4.78 is 121. The van der Waals surface area contributed by atoms with Crippen LogP contribution in [0.2, 0.25) is 0 Å². The molecule has 0 aliphatic carbocycles. The van der Waals surface area contributed by atoms with Crippen molar-refractivity contribution in [3.63, 3.8) is 0 Å². The second kappa shape index (κ2) is 44.3. The van der Waals surface area contributed by atoms with Crippen LogP contribution < -0.4 is 0 Å². The fourth-order valence-electron chi connectivity index (χ4n) is 8.33. The third-order valence-corrected chi connectivity index (χ3v) is 23.9. The maximum atomic E-state index is 12.6. The fraction of sp³-hybridized carbons (Fsp3) is 0.413. The first-order chi connectivity index (χ1) is 44.4. The van der Waals surface area contributed by atoms with Gasteiger partial charge < -0.3 is 0 Å². The molecule has 0 atom stereocenters. The van der Waals surface area contributed by atoms with Gasteiger partial charge in [0, 0.05) is 79.2 Å². The van der Waals surface area contributed by atoms with Crippen molar-refractivity contribution in [2.24, 2.45) is 0 Å². The van der Waals surface area contributed by atoms with Crippen molar-refractivity contribution in [2.75, 3.05) is 0 Å². The van der Waals surface area contributed by atoms with Crippen molar-refractivity contribution in [3.05, 3.63) is 239 Å². The quantitative estimate of drug-likeness (QED) is 0.154. The van der Waals surface area contributed by atoms with E-state index in [1.165, 1.54) is 125 Å². The molecule has 0 aromatic carbocycles. The predicted octanol–water partition coefficient (Wildman–Crippen LogP) is 31.3. The molecule has 21 heteroatoms. The normalized spacial score (nSPS) is 10.5. The zero-order valence-corrected chi connectivity index (χ0v) is 69.1. The van der Waals surface area contributed by atoms with E-state index < -0.39 is 27.8 Å². The van der Waals surface area contributed by atoms with Crippen molar-refractivity contribution < 1.29 is 43.9 Å². The van der Waals surface area contributed by atoms with E-state index >= 15 is 0 Å². The third kappa shape index (κ3) is 34.4. The Kier molecular flexibility index (Phi) is 41.5. The molecule has 11 aromatic rings. The average Bonchev–Trinajstić information content (AvgIpc) is 1.69. The fourth-order valence-corrected chi connectivity index (χ4v) is 17.4. The van der Waals surface area contributed by atoms with Gasteiger partial charge in [0.1, 0.15) is 17.5 Å². The highest BCUT2D eigenvalue weighted by atomic mass is 32.1. The molecule has 0 nitrogen and oxygen atoms in total. The zero-order valence-electron chi connectivity index (χ0n) is 60.2. The lowest BCUT2D eigenvalue weighted by Crippen LogP contribution is -2.04. The van der Waals surface area contributed by atoms with E-state index in [1.807, 2.05) is 73.0 Å². The van der Waals surface area contributed by atoms with E-state index in [9.17, 15) is 43.9 Å². The van der Waals surface area contributed by atoms with Gasteiger partial charge in [-0.05, 0) is 264 Å². The van der Waals surface area contributed by atoms with Crippen LogP contribution in [0.1, 0.15) is 197 Å². The van der Waals surface area contributed by atoms with E-state index in [0.717, 1.165) is 52.9 Å². The molecule has 0 saturated heterocycles. The van der Waals surface area contributed by atoms with E-state index in [-0.39, 0.29) is 26.8 Å². The van der Waals surface area contributed by atoms with Gasteiger partial charge in [-0.1, -0.05) is 55.4 Å². The third-order valence-electron chi connectivity index (χ3n) is 13.8. The van der Waals surface area contributed by atoms with E-state index in [1.54, 1.807) is 55.7 Å². The molecular formula is C75H96F10S11. The average molecular weight is 1540 g/mol. The molecule has 0 spiro atoms. The molecule has 0 N–H and O–H groups in total. The Labute approximate surface area is 611 Å². The van der Waals surface area contributed by atoms with Crippen molar-refractivity contribution in [1.29, 1.82) is 0 Å². The summed E-state index contributed by atoms with van der Waals surface area (Å²) in [7, 11) is 0. The van der Waals surface area contributed by atoms with E-state index in [0.29, 0.717) is 46.0 Å². The Balaban J connectivity index is 0.000000529. The monoisotopic (exact) mass is 1540 g/mol. The summed E-state index contributed by atoms with van der Waals surface area (Å²) in [4.78, 5) is 16.7. The van der Waals surface area contributed by atoms with E-state index in [2.05, 4.69) is 166 Å². The number of thiophene rings is 11. The molecule has 11 aromatic heterocycles. The smallest absolute Gasteiger partial charge is 0.206 e. The zero-order chi connectivity index (χ0) is 73.8. The topological polar surface area (TPSA) is 0 Å². The van der Waals surface area contributed by atoms with Crippen LogP contribution in [0.3, 0.4) is 0 Å². The molecule has 11 rings (SSSR count). The summed E-state index contributed by atoms with van der Waals surface area (Å²) in [6.45, 7) is 53.3. The van der Waals surface area contributed by atoms with Crippen molar-refractivity contribution in [3.8, 4) is 0 Å². The first-order valence-electron chi connectivity index (χ1n) is 30.7. The molecule has 532 valence electrons. The molecule has 0 aliphatic rings. The minimum atomic E-state index is -4.43. The minimum absolute atomic E-state index is 0.0324. The van der Waals surface area contributed by atoms with Crippen LogP contribution in [-0.2, 0) is 6.18 Å². The number of rotatable bonds is 4. The Morgan fingerprint density at radius 3 is 0.740 bits per heavy atom. The molecule has 0 unspecified atom stereocenters. The van der Waals surface area contributed by atoms with Crippen molar-refractivity contribution in [1.82, 2.24) is 0 Å². The SMILES string of the molecule is Cc1cc(C(C)C)c(C)s1.Cc1cc(C(C)C)c(C)s1.Cc1cc(C)c(C)s1.Cc1cc(F)c(C)s1.Cc1cc(F)sc1C.Cc1ccsc1C.Cc1sc(F)cc1C(C)C.Cc1sc(F)cc1C(F)(F)F.Cc1sc(F)cc1F.Cc1sccc1C(C)C.Cc1sccc1F. The largest absolute Gasteiger partial charge is 0.417 e. The number of hydrogen-bond acceptors (Lipinski definition) is 11. The molecule has 0 bridgehead atoms. The van der Waals surface area contributed by atoms with Crippen LogP contribution >= 0.6 is 125 Å². The first-order valence-corrected chi connectivity index (χ1v) is 39.9. The van der Waals surface area contributed by atoms with Crippen LogP contribution in [0, 0.1) is 163 Å². The van der Waals surface area contributed by atoms with Crippen LogP contribution in [0.15, 0.2) is 82.9 Å². The molecule has 0 amide bonds. The summed E-state index contributed by atoms with van der Waals surface area (Å²) in [5.41, 5.74) is 8.68. The molecule has 0 radical (unpaired) electrons. The minimum Gasteiger partial charge on any atom is -0.206 e. The summed E-state index contributed by atoms with van der Waals surface area (Å²) in [6, 6.07) is 18.8. The van der Waals surface area contributed by atoms with Gasteiger partial charge in [0.25, 0.3) is 0 Å². The number of alkyl halides is 3. The first kappa shape index (κ1) is 90.0. The summed E-state index contributed by atoms with van der Waals surface area (Å²) in [5.74, 6) is 1.89. The highest BCUT2D eigenvalue weighted by Gasteiger charge is 2.34. The Morgan fingerprint density at radius 2 is 0.594 bits per heavy atom. The van der Waals surface area contributed by atoms with Crippen LogP contribution in [-0.4, -0.2) is 0 Å². The van der Waals surface area contributed by atoms with Gasteiger partial charge in [0.2, 0.25) is 0 Å². The Hall–Kier alpha value is -4.00. The number of aryl methyl sites for hydroxylation is 18. The van der Waals surface area contributed by atoms with Crippen molar-refractivity contribution >= 4 is 125 Å². The highest BCUT2D eigenvalue weighted by molar-refractivity contribution is 7.13. The lowest BCUT2D eigenvalue weighted by atomic mass is 10.0. The number of halogens is 10. The van der Waals surface area contributed by atoms with Gasteiger partial charge in [0.15, 0.2) is 20.5 Å².